The molecule has 10 heteroatoms. The van der Waals surface area contributed by atoms with Gasteiger partial charge in [-0.15, -0.1) is 0 Å². The van der Waals surface area contributed by atoms with Gasteiger partial charge in [-0.3, -0.25) is 29.3 Å². The first-order valence-electron chi connectivity index (χ1n) is 10.7. The Hall–Kier alpha value is -5.25. The molecule has 1 aromatic heterocycles. The van der Waals surface area contributed by atoms with E-state index in [0.29, 0.717) is 16.9 Å². The lowest BCUT2D eigenvalue weighted by molar-refractivity contribution is -0.278. The fraction of sp³-hybridized carbons (Fsp3) is 0.0385. The molecule has 4 rings (SSSR count). The number of amides is 4. The van der Waals surface area contributed by atoms with Crippen LogP contribution in [-0.2, 0) is 9.59 Å². The van der Waals surface area contributed by atoms with Gasteiger partial charge in [-0.1, -0.05) is 54.1 Å². The van der Waals surface area contributed by atoms with Gasteiger partial charge in [-0.05, 0) is 49.2 Å². The van der Waals surface area contributed by atoms with Gasteiger partial charge < -0.3 is 5.11 Å². The van der Waals surface area contributed by atoms with Crippen molar-refractivity contribution in [3.8, 4) is 11.6 Å². The van der Waals surface area contributed by atoms with Crippen LogP contribution < -0.4 is 26.6 Å². The van der Waals surface area contributed by atoms with Crippen molar-refractivity contribution in [2.75, 3.05) is 4.90 Å². The molecule has 2 heterocycles. The molecule has 4 amide bonds. The lowest BCUT2D eigenvalue weighted by atomic mass is 10.1. The zero-order chi connectivity index (χ0) is 25.8. The van der Waals surface area contributed by atoms with E-state index in [1.807, 2.05) is 0 Å². The predicted octanol–water partition coefficient (Wildman–Crippen LogP) is 1.77. The zero-order valence-corrected chi connectivity index (χ0v) is 18.9. The number of H-pyrrole nitrogens is 1. The first-order valence-corrected chi connectivity index (χ1v) is 10.7. The molecule has 3 aromatic rings. The Morgan fingerprint density at radius 2 is 1.50 bits per heavy atom. The van der Waals surface area contributed by atoms with Crippen LogP contribution in [0.2, 0.25) is 0 Å². The van der Waals surface area contributed by atoms with E-state index in [0.717, 1.165) is 9.47 Å². The molecule has 0 atom stereocenters. The molecule has 10 nitrogen and oxygen atoms in total. The van der Waals surface area contributed by atoms with Gasteiger partial charge in [-0.2, -0.15) is 0 Å². The minimum atomic E-state index is -0.857. The summed E-state index contributed by atoms with van der Waals surface area (Å²) in [6, 6.07) is 15.4. The summed E-state index contributed by atoms with van der Waals surface area (Å²) in [6.45, 7) is 1.62. The summed E-state index contributed by atoms with van der Waals surface area (Å²) in [4.78, 5) is 64.8. The first-order chi connectivity index (χ1) is 17.3. The zero-order valence-electron chi connectivity index (χ0n) is 18.9. The van der Waals surface area contributed by atoms with Gasteiger partial charge >= 0.3 is 11.7 Å². The Kier molecular flexibility index (Phi) is 6.59. The molecule has 1 aliphatic rings. The van der Waals surface area contributed by atoms with Crippen LogP contribution in [0.3, 0.4) is 0 Å². The van der Waals surface area contributed by atoms with Crippen LogP contribution in [0.25, 0.3) is 11.8 Å². The molecule has 36 heavy (non-hydrogen) atoms. The average molecular weight is 483 g/mol. The smallest absolute Gasteiger partial charge is 0.335 e. The summed E-state index contributed by atoms with van der Waals surface area (Å²) in [5.41, 5.74) is -1.17. The number of nitrogens with one attached hydrogen (secondary N) is 2. The number of barbiturate groups is 1. The third-order valence-corrected chi connectivity index (χ3v) is 5.26. The number of urea groups is 1. The van der Waals surface area contributed by atoms with Crippen molar-refractivity contribution < 1.29 is 19.5 Å². The first kappa shape index (κ1) is 23.9. The maximum atomic E-state index is 12.8. The van der Waals surface area contributed by atoms with E-state index < -0.39 is 35.0 Å². The van der Waals surface area contributed by atoms with E-state index >= 15 is 0 Å². The Morgan fingerprint density at radius 3 is 2.14 bits per heavy atom. The average Bonchev–Trinajstić information content (AvgIpc) is 2.84. The number of carbonyl (C=O) groups excluding carboxylic acids is 3. The lowest BCUT2D eigenvalue weighted by Gasteiger charge is -2.26. The topological polar surface area (TPSA) is 144 Å². The monoisotopic (exact) mass is 483 g/mol. The molecule has 0 radical (unpaired) electrons. The van der Waals surface area contributed by atoms with Gasteiger partial charge in [0.25, 0.3) is 17.4 Å². The number of aromatic amines is 1. The molecule has 0 bridgehead atoms. The number of anilines is 1. The van der Waals surface area contributed by atoms with Crippen molar-refractivity contribution in [1.82, 2.24) is 14.9 Å². The molecule has 1 saturated heterocycles. The number of carbonyl (C=O) groups is 3. The van der Waals surface area contributed by atoms with Gasteiger partial charge in [0.1, 0.15) is 5.57 Å². The van der Waals surface area contributed by atoms with Crippen molar-refractivity contribution in [2.45, 2.75) is 6.92 Å². The number of rotatable bonds is 5. The van der Waals surface area contributed by atoms with Crippen LogP contribution in [0.5, 0.6) is 5.88 Å². The van der Waals surface area contributed by atoms with E-state index in [9.17, 15) is 29.1 Å². The number of aromatic nitrogens is 2. The fourth-order valence-electron chi connectivity index (χ4n) is 3.46. The maximum absolute atomic E-state index is 12.8. The largest absolute Gasteiger partial charge is 0.859 e. The molecular formula is C26H19N4O6-. The molecule has 1 fully saturated rings. The molecule has 1 aliphatic heterocycles. The third-order valence-electron chi connectivity index (χ3n) is 5.26. The van der Waals surface area contributed by atoms with Crippen molar-refractivity contribution in [1.29, 1.82) is 0 Å². The number of hydrogen-bond donors (Lipinski definition) is 2. The highest BCUT2D eigenvalue weighted by Gasteiger charge is 2.36. The van der Waals surface area contributed by atoms with Crippen molar-refractivity contribution in [2.24, 2.45) is 0 Å². The number of imide groups is 2. The van der Waals surface area contributed by atoms with E-state index in [1.165, 1.54) is 24.3 Å². The highest BCUT2D eigenvalue weighted by molar-refractivity contribution is 6.37. The Labute approximate surface area is 204 Å². The van der Waals surface area contributed by atoms with E-state index in [2.05, 4.69) is 10.3 Å². The van der Waals surface area contributed by atoms with Crippen molar-refractivity contribution in [3.63, 3.8) is 0 Å². The molecule has 0 aliphatic carbocycles. The maximum Gasteiger partial charge on any atom is 0.335 e. The summed E-state index contributed by atoms with van der Waals surface area (Å²) in [6.07, 6.45) is 5.34. The highest BCUT2D eigenvalue weighted by atomic mass is 16.3. The minimum Gasteiger partial charge on any atom is -0.859 e. The Balaban J connectivity index is 1.64. The SMILES string of the molecule is CC(/C=C/c1c([O-])n(-c2ccccc2)c(=O)[nH]c1=O)=C\C=C1\C(=O)NC(=O)N(c2ccccc2)C1=O. The van der Waals surface area contributed by atoms with Gasteiger partial charge in [0, 0.05) is 11.3 Å². The second kappa shape index (κ2) is 9.94. The Bertz CT molecular complexity index is 1560. The molecule has 0 saturated carbocycles. The van der Waals surface area contributed by atoms with Crippen LogP contribution >= 0.6 is 0 Å². The van der Waals surface area contributed by atoms with E-state index in [1.54, 1.807) is 67.6 Å². The second-order valence-electron chi connectivity index (χ2n) is 7.71. The summed E-state index contributed by atoms with van der Waals surface area (Å²) >= 11 is 0. The highest BCUT2D eigenvalue weighted by Crippen LogP contribution is 2.20. The number of benzene rings is 2. The van der Waals surface area contributed by atoms with Crippen LogP contribution in [0.4, 0.5) is 10.5 Å². The summed E-state index contributed by atoms with van der Waals surface area (Å²) in [5.74, 6) is -2.44. The predicted molar refractivity (Wildman–Crippen MR) is 130 cm³/mol. The molecule has 180 valence electrons. The minimum absolute atomic E-state index is 0.272. The fourth-order valence-corrected chi connectivity index (χ4v) is 3.46. The van der Waals surface area contributed by atoms with Crippen LogP contribution in [0.15, 0.2) is 99.6 Å². The van der Waals surface area contributed by atoms with Crippen molar-refractivity contribution >= 4 is 29.6 Å². The number of hydrogen-bond acceptors (Lipinski definition) is 6. The van der Waals surface area contributed by atoms with Gasteiger partial charge in [0.2, 0.25) is 0 Å². The summed E-state index contributed by atoms with van der Waals surface area (Å²) in [7, 11) is 0. The van der Waals surface area contributed by atoms with Gasteiger partial charge in [0.15, 0.2) is 0 Å². The van der Waals surface area contributed by atoms with Gasteiger partial charge in [0.05, 0.1) is 5.69 Å². The van der Waals surface area contributed by atoms with E-state index in [4.69, 9.17) is 0 Å². The van der Waals surface area contributed by atoms with Crippen LogP contribution in [0.1, 0.15) is 12.5 Å². The summed E-state index contributed by atoms with van der Waals surface area (Å²) in [5, 5.41) is 15.0. The molecule has 0 spiro atoms. The normalized spacial score (nSPS) is 15.6. The third kappa shape index (κ3) is 4.68. The lowest BCUT2D eigenvalue weighted by Crippen LogP contribution is -2.54. The molecule has 2 N–H and O–H groups in total. The van der Waals surface area contributed by atoms with Crippen LogP contribution in [-0.4, -0.2) is 27.4 Å². The van der Waals surface area contributed by atoms with E-state index in [-0.39, 0.29) is 11.1 Å². The number of para-hydroxylation sites is 2. The van der Waals surface area contributed by atoms with Gasteiger partial charge in [-0.25, -0.2) is 14.5 Å². The Morgan fingerprint density at radius 1 is 0.889 bits per heavy atom. The van der Waals surface area contributed by atoms with Crippen molar-refractivity contribution in [3.05, 3.63) is 116 Å². The number of allylic oxidation sites excluding steroid dienone is 4. The standard InChI is InChI=1S/C26H20N4O6/c1-16(12-14-19-21(31)27-25(35)29(23(19)33)17-8-4-2-5-9-17)13-15-20-22(32)28-26(36)30(24(20)34)18-10-6-3-7-11-18/h2-15,33H,1H3,(H,27,31,35)(H,28,32,36)/p-1/b14-12+,16-13+,20-15-. The molecule has 2 aromatic carbocycles. The summed E-state index contributed by atoms with van der Waals surface area (Å²) < 4.78 is 0.850. The second-order valence-corrected chi connectivity index (χ2v) is 7.71. The quantitative estimate of drug-likeness (QED) is 0.321. The van der Waals surface area contributed by atoms with Crippen LogP contribution in [0, 0.1) is 0 Å². The molecular weight excluding hydrogens is 464 g/mol. The number of nitrogens with zero attached hydrogens (tertiary/aromatic N) is 2. The molecule has 0 unspecified atom stereocenters.